The molecule has 0 radical (unpaired) electrons. The summed E-state index contributed by atoms with van der Waals surface area (Å²) in [4.78, 5) is 23.9. The van der Waals surface area contributed by atoms with Crippen LogP contribution >= 0.6 is 0 Å². The van der Waals surface area contributed by atoms with Crippen molar-refractivity contribution < 1.29 is 9.90 Å². The van der Waals surface area contributed by atoms with Gasteiger partial charge in [-0.1, -0.05) is 0 Å². The molecule has 2 aromatic heterocycles. The van der Waals surface area contributed by atoms with E-state index in [0.717, 1.165) is 0 Å². The summed E-state index contributed by atoms with van der Waals surface area (Å²) in [5, 5.41) is 19.9. The minimum atomic E-state index is -0.719. The van der Waals surface area contributed by atoms with E-state index in [-0.39, 0.29) is 18.1 Å². The van der Waals surface area contributed by atoms with Gasteiger partial charge in [0.15, 0.2) is 5.69 Å². The van der Waals surface area contributed by atoms with Gasteiger partial charge in [-0.3, -0.25) is 4.79 Å². The number of aliphatic hydroxyl groups is 1. The summed E-state index contributed by atoms with van der Waals surface area (Å²) in [5.41, 5.74) is 5.88. The van der Waals surface area contributed by atoms with Crippen LogP contribution in [0.5, 0.6) is 0 Å². The van der Waals surface area contributed by atoms with Crippen molar-refractivity contribution in [2.24, 2.45) is 0 Å². The Kier molecular flexibility index (Phi) is 3.83. The Morgan fingerprint density at radius 3 is 3.00 bits per heavy atom. The molecule has 1 amide bonds. The number of H-pyrrole nitrogens is 1. The number of aromatic amines is 1. The van der Waals surface area contributed by atoms with Crippen LogP contribution in [0.25, 0.3) is 0 Å². The second kappa shape index (κ2) is 5.93. The van der Waals surface area contributed by atoms with Crippen LogP contribution in [0.3, 0.4) is 0 Å². The molecule has 22 heavy (non-hydrogen) atoms. The number of rotatable bonds is 2. The van der Waals surface area contributed by atoms with Gasteiger partial charge in [0.2, 0.25) is 5.95 Å². The summed E-state index contributed by atoms with van der Waals surface area (Å²) in [6.45, 7) is 1.45. The molecule has 3 rings (SSSR count). The predicted octanol–water partition coefficient (Wildman–Crippen LogP) is -1.50. The number of nitrogens with zero attached hydrogens (tertiary/aromatic N) is 6. The van der Waals surface area contributed by atoms with Crippen molar-refractivity contribution in [3.63, 3.8) is 0 Å². The topological polar surface area (TPSA) is 137 Å². The van der Waals surface area contributed by atoms with Gasteiger partial charge in [-0.25, -0.2) is 4.98 Å². The molecule has 0 saturated carbocycles. The number of hydrogen-bond donors (Lipinski definition) is 3. The van der Waals surface area contributed by atoms with Crippen LogP contribution in [0.4, 0.5) is 11.8 Å². The van der Waals surface area contributed by atoms with Crippen LogP contribution < -0.4 is 10.6 Å². The zero-order chi connectivity index (χ0) is 15.5. The van der Waals surface area contributed by atoms with E-state index in [0.29, 0.717) is 31.4 Å². The third-order valence-corrected chi connectivity index (χ3v) is 3.37. The second-order valence-electron chi connectivity index (χ2n) is 4.99. The number of nitrogen functional groups attached to an aromatic ring is 1. The van der Waals surface area contributed by atoms with Crippen LogP contribution in [0, 0.1) is 0 Å². The number of aromatic nitrogens is 5. The lowest BCUT2D eigenvalue weighted by Gasteiger charge is -2.21. The van der Waals surface area contributed by atoms with E-state index in [4.69, 9.17) is 5.73 Å². The van der Waals surface area contributed by atoms with Crippen LogP contribution in [-0.2, 0) is 0 Å². The molecule has 0 aliphatic carbocycles. The van der Waals surface area contributed by atoms with Gasteiger partial charge in [-0.2, -0.15) is 20.4 Å². The number of aliphatic hydroxyl groups excluding tert-OH is 1. The zero-order valence-electron chi connectivity index (χ0n) is 11.8. The molecule has 0 unspecified atom stereocenters. The monoisotopic (exact) mass is 304 g/mol. The van der Waals surface area contributed by atoms with Crippen molar-refractivity contribution in [3.05, 3.63) is 24.2 Å². The van der Waals surface area contributed by atoms with E-state index in [1.165, 1.54) is 11.1 Å². The van der Waals surface area contributed by atoms with Crippen molar-refractivity contribution in [2.75, 3.05) is 36.8 Å². The smallest absolute Gasteiger partial charge is 0.276 e. The highest BCUT2D eigenvalue weighted by Crippen LogP contribution is 2.13. The SMILES string of the molecule is Nc1ccnc(N2CCN(C(=O)c3cn[nH]n3)C[C@@H](O)C2)n1. The van der Waals surface area contributed by atoms with Gasteiger partial charge in [-0.15, -0.1) is 0 Å². The van der Waals surface area contributed by atoms with E-state index >= 15 is 0 Å². The molecule has 10 nitrogen and oxygen atoms in total. The van der Waals surface area contributed by atoms with Crippen molar-refractivity contribution in [1.82, 2.24) is 30.3 Å². The number of nitrogens with two attached hydrogens (primary N) is 1. The molecule has 116 valence electrons. The first-order valence-electron chi connectivity index (χ1n) is 6.80. The molecule has 4 N–H and O–H groups in total. The molecule has 10 heteroatoms. The van der Waals surface area contributed by atoms with Crippen molar-refractivity contribution in [2.45, 2.75) is 6.10 Å². The van der Waals surface area contributed by atoms with Gasteiger partial charge in [0.1, 0.15) is 5.82 Å². The number of carbonyl (C=O) groups excluding carboxylic acids is 1. The van der Waals surface area contributed by atoms with Crippen molar-refractivity contribution >= 4 is 17.7 Å². The number of anilines is 2. The number of hydrogen-bond acceptors (Lipinski definition) is 8. The highest BCUT2D eigenvalue weighted by atomic mass is 16.3. The highest BCUT2D eigenvalue weighted by molar-refractivity contribution is 5.92. The summed E-state index contributed by atoms with van der Waals surface area (Å²) in [5.74, 6) is 0.525. The van der Waals surface area contributed by atoms with Gasteiger partial charge < -0.3 is 20.6 Å². The number of β-amino-alcohol motifs (C(OH)–C–C–N with tert-alkyl or cyclic N) is 1. The van der Waals surface area contributed by atoms with Crippen LogP contribution in [0.2, 0.25) is 0 Å². The maximum atomic E-state index is 12.3. The van der Waals surface area contributed by atoms with E-state index in [2.05, 4.69) is 25.4 Å². The molecule has 1 aliphatic rings. The van der Waals surface area contributed by atoms with Gasteiger partial charge in [0.25, 0.3) is 5.91 Å². The minimum Gasteiger partial charge on any atom is -0.389 e. The molecule has 1 saturated heterocycles. The fourth-order valence-corrected chi connectivity index (χ4v) is 2.34. The third kappa shape index (κ3) is 2.96. The first kappa shape index (κ1) is 14.2. The Morgan fingerprint density at radius 1 is 1.41 bits per heavy atom. The van der Waals surface area contributed by atoms with E-state index in [9.17, 15) is 9.90 Å². The quantitative estimate of drug-likeness (QED) is 0.609. The molecule has 0 spiro atoms. The fraction of sp³-hybridized carbons (Fsp3) is 0.417. The predicted molar refractivity (Wildman–Crippen MR) is 77.0 cm³/mol. The van der Waals surface area contributed by atoms with Crippen molar-refractivity contribution in [3.8, 4) is 0 Å². The molecule has 1 atom stereocenters. The summed E-state index contributed by atoms with van der Waals surface area (Å²) < 4.78 is 0. The zero-order valence-corrected chi connectivity index (χ0v) is 11.8. The second-order valence-corrected chi connectivity index (χ2v) is 4.99. The van der Waals surface area contributed by atoms with Gasteiger partial charge in [-0.05, 0) is 6.07 Å². The average molecular weight is 304 g/mol. The molecule has 0 bridgehead atoms. The standard InChI is InChI=1S/C12H16N8O2/c13-10-1-2-14-12(16-10)20-4-3-19(6-8(21)7-20)11(22)9-5-15-18-17-9/h1-2,5,8,21H,3-4,6-7H2,(H2,13,14,16)(H,15,17,18)/t8-/m1/s1. The minimum absolute atomic E-state index is 0.213. The normalized spacial score (nSPS) is 19.0. The average Bonchev–Trinajstić information content (AvgIpc) is 2.96. The first-order valence-corrected chi connectivity index (χ1v) is 6.80. The Labute approximate surface area is 126 Å². The summed E-state index contributed by atoms with van der Waals surface area (Å²) in [6, 6.07) is 1.60. The van der Waals surface area contributed by atoms with Gasteiger partial charge in [0, 0.05) is 32.4 Å². The molecule has 3 heterocycles. The summed E-state index contributed by atoms with van der Waals surface area (Å²) in [7, 11) is 0. The lowest BCUT2D eigenvalue weighted by molar-refractivity contribution is 0.0668. The van der Waals surface area contributed by atoms with Crippen LogP contribution in [-0.4, -0.2) is 73.6 Å². The Hall–Kier alpha value is -2.75. The molecular weight excluding hydrogens is 288 g/mol. The summed E-state index contributed by atoms with van der Waals surface area (Å²) >= 11 is 0. The van der Waals surface area contributed by atoms with E-state index < -0.39 is 6.10 Å². The molecule has 1 fully saturated rings. The fourth-order valence-electron chi connectivity index (χ4n) is 2.34. The largest absolute Gasteiger partial charge is 0.389 e. The molecule has 2 aromatic rings. The van der Waals surface area contributed by atoms with Crippen LogP contribution in [0.1, 0.15) is 10.5 Å². The third-order valence-electron chi connectivity index (χ3n) is 3.37. The highest BCUT2D eigenvalue weighted by Gasteiger charge is 2.27. The number of nitrogens with one attached hydrogen (secondary N) is 1. The van der Waals surface area contributed by atoms with Gasteiger partial charge >= 0.3 is 0 Å². The Morgan fingerprint density at radius 2 is 2.27 bits per heavy atom. The Bertz CT molecular complexity index is 646. The van der Waals surface area contributed by atoms with E-state index in [1.807, 2.05) is 0 Å². The van der Waals surface area contributed by atoms with Crippen LogP contribution in [0.15, 0.2) is 18.5 Å². The lowest BCUT2D eigenvalue weighted by atomic mass is 10.3. The number of carbonyl (C=O) groups is 1. The maximum absolute atomic E-state index is 12.3. The molecule has 1 aliphatic heterocycles. The molecule has 0 aromatic carbocycles. The first-order chi connectivity index (χ1) is 10.6. The van der Waals surface area contributed by atoms with Gasteiger partial charge in [0.05, 0.1) is 12.3 Å². The van der Waals surface area contributed by atoms with Crippen molar-refractivity contribution in [1.29, 1.82) is 0 Å². The lowest BCUT2D eigenvalue weighted by Crippen LogP contribution is -2.37. The maximum Gasteiger partial charge on any atom is 0.276 e. The molecular formula is C12H16N8O2. The van der Waals surface area contributed by atoms with E-state index in [1.54, 1.807) is 17.2 Å². The Balaban J connectivity index is 1.74. The number of amides is 1. The summed E-state index contributed by atoms with van der Waals surface area (Å²) in [6.07, 6.45) is 2.20.